The molecule has 0 aliphatic heterocycles. The largest absolute Gasteiger partial charge is 0.480 e. The highest BCUT2D eigenvalue weighted by Crippen LogP contribution is 2.24. The molecule has 2 rings (SSSR count). The molecule has 1 aromatic carbocycles. The molecule has 27 heavy (non-hydrogen) atoms. The van der Waals surface area contributed by atoms with Gasteiger partial charge in [0.15, 0.2) is 5.13 Å². The number of hydrogen-bond donors (Lipinski definition) is 3. The zero-order valence-electron chi connectivity index (χ0n) is 15.3. The highest BCUT2D eigenvalue weighted by molar-refractivity contribution is 7.15. The number of carboxylic acid groups (broad SMARTS) is 1. The smallest absolute Gasteiger partial charge is 0.326 e. The van der Waals surface area contributed by atoms with Gasteiger partial charge in [0.1, 0.15) is 12.3 Å². The molecule has 0 aliphatic rings. The summed E-state index contributed by atoms with van der Waals surface area (Å²) in [6, 6.07) is 5.93. The van der Waals surface area contributed by atoms with Gasteiger partial charge in [0.2, 0.25) is 0 Å². The first-order valence-electron chi connectivity index (χ1n) is 8.69. The summed E-state index contributed by atoms with van der Waals surface area (Å²) in [6.07, 6.45) is 2.85. The molecule has 1 atom stereocenters. The van der Waals surface area contributed by atoms with Gasteiger partial charge in [-0.15, -0.1) is 11.3 Å². The fraction of sp³-hybridized carbons (Fsp3) is 0.368. The van der Waals surface area contributed by atoms with Crippen LogP contribution in [0.3, 0.4) is 0 Å². The molecule has 1 amide bonds. The summed E-state index contributed by atoms with van der Waals surface area (Å²) in [5, 5.41) is 15.7. The zero-order chi connectivity index (χ0) is 19.8. The molecule has 2 aromatic rings. The van der Waals surface area contributed by atoms with Crippen molar-refractivity contribution in [2.24, 2.45) is 0 Å². The SMILES string of the molecule is Cc1nc(NC(=O)c2ccccc2NC(CCCCC=O)C(=O)O)sc1C. The Hall–Kier alpha value is -2.74. The van der Waals surface area contributed by atoms with Crippen molar-refractivity contribution in [2.45, 2.75) is 45.6 Å². The summed E-state index contributed by atoms with van der Waals surface area (Å²) in [7, 11) is 0. The number of amides is 1. The number of hydrogen-bond acceptors (Lipinski definition) is 6. The lowest BCUT2D eigenvalue weighted by atomic mass is 10.1. The molecule has 1 heterocycles. The van der Waals surface area contributed by atoms with E-state index in [0.29, 0.717) is 42.1 Å². The van der Waals surface area contributed by atoms with Crippen molar-refractivity contribution in [2.75, 3.05) is 10.6 Å². The van der Waals surface area contributed by atoms with Crippen LogP contribution in [0.5, 0.6) is 0 Å². The Kier molecular flexibility index (Phi) is 7.48. The molecule has 1 aromatic heterocycles. The Balaban J connectivity index is 2.11. The summed E-state index contributed by atoms with van der Waals surface area (Å²) in [5.74, 6) is -1.35. The van der Waals surface area contributed by atoms with Crippen LogP contribution in [0.15, 0.2) is 24.3 Å². The first-order chi connectivity index (χ1) is 12.9. The number of thiazole rings is 1. The van der Waals surface area contributed by atoms with Crippen LogP contribution in [-0.2, 0) is 9.59 Å². The lowest BCUT2D eigenvalue weighted by molar-refractivity contribution is -0.138. The van der Waals surface area contributed by atoms with Crippen LogP contribution in [0.4, 0.5) is 10.8 Å². The predicted molar refractivity (Wildman–Crippen MR) is 106 cm³/mol. The molecular formula is C19H23N3O4S. The zero-order valence-corrected chi connectivity index (χ0v) is 16.1. The fourth-order valence-corrected chi connectivity index (χ4v) is 3.33. The number of nitrogens with zero attached hydrogens (tertiary/aromatic N) is 1. The maximum Gasteiger partial charge on any atom is 0.326 e. The number of carboxylic acids is 1. The number of nitrogens with one attached hydrogen (secondary N) is 2. The third-order valence-electron chi connectivity index (χ3n) is 4.11. The normalized spacial score (nSPS) is 11.6. The summed E-state index contributed by atoms with van der Waals surface area (Å²) in [6.45, 7) is 3.80. The van der Waals surface area contributed by atoms with Crippen LogP contribution in [-0.4, -0.2) is 34.3 Å². The molecule has 0 radical (unpaired) electrons. The van der Waals surface area contributed by atoms with Gasteiger partial charge in [-0.05, 0) is 38.8 Å². The van der Waals surface area contributed by atoms with Gasteiger partial charge >= 0.3 is 5.97 Å². The average Bonchev–Trinajstić information content (AvgIpc) is 2.95. The highest BCUT2D eigenvalue weighted by Gasteiger charge is 2.20. The molecule has 0 saturated carbocycles. The minimum absolute atomic E-state index is 0.349. The first-order valence-corrected chi connectivity index (χ1v) is 9.51. The van der Waals surface area contributed by atoms with Crippen molar-refractivity contribution >= 4 is 40.3 Å². The van der Waals surface area contributed by atoms with E-state index in [-0.39, 0.29) is 5.91 Å². The van der Waals surface area contributed by atoms with Crippen LogP contribution in [0.1, 0.15) is 46.6 Å². The number of aryl methyl sites for hydroxylation is 2. The minimum Gasteiger partial charge on any atom is -0.480 e. The number of benzene rings is 1. The van der Waals surface area contributed by atoms with E-state index in [1.165, 1.54) is 11.3 Å². The van der Waals surface area contributed by atoms with Gasteiger partial charge in [-0.3, -0.25) is 10.1 Å². The Labute approximate surface area is 161 Å². The molecule has 3 N–H and O–H groups in total. The highest BCUT2D eigenvalue weighted by atomic mass is 32.1. The Morgan fingerprint density at radius 1 is 1.26 bits per heavy atom. The molecule has 7 nitrogen and oxygen atoms in total. The Morgan fingerprint density at radius 2 is 2.00 bits per heavy atom. The van der Waals surface area contributed by atoms with Crippen LogP contribution >= 0.6 is 11.3 Å². The fourth-order valence-electron chi connectivity index (χ4n) is 2.52. The van der Waals surface area contributed by atoms with Crippen LogP contribution in [0.2, 0.25) is 0 Å². The molecule has 0 spiro atoms. The second-order valence-electron chi connectivity index (χ2n) is 6.15. The van der Waals surface area contributed by atoms with E-state index >= 15 is 0 Å². The first kappa shape index (κ1) is 20.6. The third-order valence-corrected chi connectivity index (χ3v) is 5.10. The van der Waals surface area contributed by atoms with Crippen molar-refractivity contribution in [3.05, 3.63) is 40.4 Å². The van der Waals surface area contributed by atoms with Crippen LogP contribution in [0.25, 0.3) is 0 Å². The topological polar surface area (TPSA) is 108 Å². The summed E-state index contributed by atoms with van der Waals surface area (Å²) in [5.41, 5.74) is 1.66. The number of anilines is 2. The lowest BCUT2D eigenvalue weighted by Crippen LogP contribution is -2.30. The van der Waals surface area contributed by atoms with Gasteiger partial charge in [0.25, 0.3) is 5.91 Å². The van der Waals surface area contributed by atoms with E-state index in [1.807, 2.05) is 13.8 Å². The number of aliphatic carboxylic acids is 1. The van der Waals surface area contributed by atoms with E-state index in [9.17, 15) is 19.5 Å². The molecule has 0 aliphatic carbocycles. The molecule has 144 valence electrons. The van der Waals surface area contributed by atoms with Gasteiger partial charge in [-0.25, -0.2) is 9.78 Å². The van der Waals surface area contributed by atoms with Gasteiger partial charge in [-0.2, -0.15) is 0 Å². The molecular weight excluding hydrogens is 366 g/mol. The standard InChI is InChI=1S/C19H23N3O4S/c1-12-13(2)27-19(20-12)22-17(24)14-8-5-6-9-15(14)21-16(18(25)26)10-4-3-7-11-23/h5-6,8-9,11,16,21H,3-4,7,10H2,1-2H3,(H,25,26)(H,20,22,24). The summed E-state index contributed by atoms with van der Waals surface area (Å²) >= 11 is 1.39. The maximum absolute atomic E-state index is 12.6. The Morgan fingerprint density at radius 3 is 2.63 bits per heavy atom. The molecule has 0 fully saturated rings. The number of carbonyl (C=O) groups is 3. The van der Waals surface area contributed by atoms with Crippen molar-refractivity contribution in [3.63, 3.8) is 0 Å². The van der Waals surface area contributed by atoms with Gasteiger partial charge in [0, 0.05) is 17.0 Å². The van der Waals surface area contributed by atoms with Crippen LogP contribution in [0, 0.1) is 13.8 Å². The van der Waals surface area contributed by atoms with Gasteiger partial charge in [0.05, 0.1) is 11.3 Å². The number of aldehydes is 1. The van der Waals surface area contributed by atoms with Crippen molar-refractivity contribution in [1.29, 1.82) is 0 Å². The van der Waals surface area contributed by atoms with Crippen LogP contribution < -0.4 is 10.6 Å². The second kappa shape index (κ2) is 9.82. The Bertz CT molecular complexity index is 800. The minimum atomic E-state index is -0.998. The molecule has 1 unspecified atom stereocenters. The monoisotopic (exact) mass is 389 g/mol. The summed E-state index contributed by atoms with van der Waals surface area (Å²) in [4.78, 5) is 39.9. The van der Waals surface area contributed by atoms with E-state index in [4.69, 9.17) is 0 Å². The number of para-hydroxylation sites is 1. The summed E-state index contributed by atoms with van der Waals surface area (Å²) < 4.78 is 0. The van der Waals surface area contributed by atoms with E-state index in [2.05, 4.69) is 15.6 Å². The quantitative estimate of drug-likeness (QED) is 0.423. The average molecular weight is 389 g/mol. The van der Waals surface area contributed by atoms with Crippen molar-refractivity contribution < 1.29 is 19.5 Å². The van der Waals surface area contributed by atoms with Gasteiger partial charge < -0.3 is 15.2 Å². The van der Waals surface area contributed by atoms with Crippen molar-refractivity contribution in [3.8, 4) is 0 Å². The molecule has 0 saturated heterocycles. The maximum atomic E-state index is 12.6. The third kappa shape index (κ3) is 5.89. The van der Waals surface area contributed by atoms with Gasteiger partial charge in [-0.1, -0.05) is 18.6 Å². The van der Waals surface area contributed by atoms with E-state index < -0.39 is 12.0 Å². The predicted octanol–water partition coefficient (Wildman–Crippen LogP) is 3.64. The second-order valence-corrected chi connectivity index (χ2v) is 7.35. The molecule has 8 heteroatoms. The van der Waals surface area contributed by atoms with Crippen molar-refractivity contribution in [1.82, 2.24) is 4.98 Å². The lowest BCUT2D eigenvalue weighted by Gasteiger charge is -2.18. The number of aromatic nitrogens is 1. The number of unbranched alkanes of at least 4 members (excludes halogenated alkanes) is 2. The molecule has 0 bridgehead atoms. The van der Waals surface area contributed by atoms with E-state index in [1.54, 1.807) is 24.3 Å². The number of carbonyl (C=O) groups excluding carboxylic acids is 2. The van der Waals surface area contributed by atoms with E-state index in [0.717, 1.165) is 16.9 Å². The number of rotatable bonds is 10.